The third-order valence-electron chi connectivity index (χ3n) is 4.89. The molecule has 0 bridgehead atoms. The Balaban J connectivity index is 1.88. The number of halogens is 1. The highest BCUT2D eigenvalue weighted by Gasteiger charge is 2.20. The highest BCUT2D eigenvalue weighted by atomic mass is 19.1. The number of nitrogens with one attached hydrogen (secondary N) is 1. The lowest BCUT2D eigenvalue weighted by Gasteiger charge is -2.19. The summed E-state index contributed by atoms with van der Waals surface area (Å²) in [6, 6.07) is 21.0. The quantitative estimate of drug-likeness (QED) is 0.509. The minimum atomic E-state index is -0.249. The number of aromatic amines is 1. The van der Waals surface area contributed by atoms with Gasteiger partial charge in [-0.15, -0.1) is 0 Å². The molecule has 27 heavy (non-hydrogen) atoms. The van der Waals surface area contributed by atoms with Crippen molar-refractivity contribution in [3.8, 4) is 11.5 Å². The van der Waals surface area contributed by atoms with Gasteiger partial charge in [-0.3, -0.25) is 0 Å². The lowest BCUT2D eigenvalue weighted by molar-refractivity contribution is 0.414. The van der Waals surface area contributed by atoms with E-state index in [1.807, 2.05) is 36.5 Å². The Labute approximate surface area is 157 Å². The second-order valence-electron chi connectivity index (χ2n) is 6.41. The first-order chi connectivity index (χ1) is 13.2. The summed E-state index contributed by atoms with van der Waals surface area (Å²) in [6.45, 7) is 0. The van der Waals surface area contributed by atoms with Crippen molar-refractivity contribution in [2.75, 3.05) is 14.2 Å². The molecular formula is C23H20FNO2. The van der Waals surface area contributed by atoms with Crippen molar-refractivity contribution in [2.45, 2.75) is 5.92 Å². The van der Waals surface area contributed by atoms with E-state index >= 15 is 0 Å². The minimum Gasteiger partial charge on any atom is -0.497 e. The van der Waals surface area contributed by atoms with Gasteiger partial charge in [0.1, 0.15) is 17.3 Å². The van der Waals surface area contributed by atoms with Crippen molar-refractivity contribution >= 4 is 10.9 Å². The third-order valence-corrected chi connectivity index (χ3v) is 4.89. The molecule has 0 aliphatic rings. The van der Waals surface area contributed by atoms with Gasteiger partial charge in [-0.2, -0.15) is 0 Å². The van der Waals surface area contributed by atoms with Gasteiger partial charge in [0.2, 0.25) is 0 Å². The fourth-order valence-electron chi connectivity index (χ4n) is 3.50. The summed E-state index contributed by atoms with van der Waals surface area (Å²) in [6.07, 6.45) is 1.96. The van der Waals surface area contributed by atoms with Crippen molar-refractivity contribution in [1.29, 1.82) is 0 Å². The van der Waals surface area contributed by atoms with Gasteiger partial charge in [-0.25, -0.2) is 4.39 Å². The van der Waals surface area contributed by atoms with E-state index in [0.29, 0.717) is 0 Å². The molecule has 1 heterocycles. The summed E-state index contributed by atoms with van der Waals surface area (Å²) in [5.74, 6) is 1.38. The van der Waals surface area contributed by atoms with Crippen molar-refractivity contribution in [2.24, 2.45) is 0 Å². The van der Waals surface area contributed by atoms with Gasteiger partial charge in [0.25, 0.3) is 0 Å². The molecule has 0 spiro atoms. The summed E-state index contributed by atoms with van der Waals surface area (Å²) >= 11 is 0. The van der Waals surface area contributed by atoms with Gasteiger partial charge in [-0.1, -0.05) is 24.3 Å². The maximum atomic E-state index is 13.6. The molecule has 4 heteroatoms. The predicted octanol–water partition coefficient (Wildman–Crippen LogP) is 5.50. The van der Waals surface area contributed by atoms with E-state index < -0.39 is 0 Å². The lowest BCUT2D eigenvalue weighted by Crippen LogP contribution is -2.03. The molecule has 1 N–H and O–H groups in total. The first-order valence-corrected chi connectivity index (χ1v) is 8.74. The number of benzene rings is 3. The Hall–Kier alpha value is -3.27. The summed E-state index contributed by atoms with van der Waals surface area (Å²) in [5, 5.41) is 1.01. The van der Waals surface area contributed by atoms with Crippen LogP contribution in [0, 0.1) is 5.82 Å². The van der Waals surface area contributed by atoms with Crippen LogP contribution in [0.25, 0.3) is 10.9 Å². The highest BCUT2D eigenvalue weighted by Crippen LogP contribution is 2.37. The largest absolute Gasteiger partial charge is 0.497 e. The van der Waals surface area contributed by atoms with Crippen LogP contribution in [0.4, 0.5) is 4.39 Å². The fraction of sp³-hybridized carbons (Fsp3) is 0.130. The van der Waals surface area contributed by atoms with Gasteiger partial charge in [0.05, 0.1) is 14.2 Å². The van der Waals surface area contributed by atoms with Crippen LogP contribution in [0.3, 0.4) is 0 Å². The van der Waals surface area contributed by atoms with Gasteiger partial charge in [0.15, 0.2) is 0 Å². The van der Waals surface area contributed by atoms with E-state index in [2.05, 4.69) is 29.2 Å². The minimum absolute atomic E-state index is 0.000948. The second kappa shape index (κ2) is 7.16. The van der Waals surface area contributed by atoms with Crippen LogP contribution in [0.15, 0.2) is 72.9 Å². The van der Waals surface area contributed by atoms with E-state index in [-0.39, 0.29) is 11.7 Å². The number of fused-ring (bicyclic) bond motifs is 1. The molecule has 4 rings (SSSR count). The first kappa shape index (κ1) is 17.2. The molecule has 0 aliphatic heterocycles. The maximum absolute atomic E-state index is 13.6. The summed E-state index contributed by atoms with van der Waals surface area (Å²) in [4.78, 5) is 3.20. The third kappa shape index (κ3) is 3.26. The van der Waals surface area contributed by atoms with Gasteiger partial charge < -0.3 is 14.5 Å². The molecule has 0 atom stereocenters. The Morgan fingerprint density at radius 1 is 0.778 bits per heavy atom. The number of rotatable bonds is 5. The number of ether oxygens (including phenoxy) is 2. The van der Waals surface area contributed by atoms with Crippen LogP contribution in [-0.2, 0) is 0 Å². The topological polar surface area (TPSA) is 34.2 Å². The van der Waals surface area contributed by atoms with Crippen LogP contribution in [0.1, 0.15) is 22.6 Å². The molecule has 136 valence electrons. The zero-order chi connectivity index (χ0) is 18.8. The molecule has 0 saturated heterocycles. The molecule has 0 unspecified atom stereocenters. The second-order valence-corrected chi connectivity index (χ2v) is 6.41. The zero-order valence-electron chi connectivity index (χ0n) is 15.2. The van der Waals surface area contributed by atoms with Crippen molar-refractivity contribution in [3.05, 3.63) is 95.4 Å². The highest BCUT2D eigenvalue weighted by molar-refractivity contribution is 5.85. The summed E-state index contributed by atoms with van der Waals surface area (Å²) in [7, 11) is 3.31. The molecule has 1 aromatic heterocycles. The Bertz CT molecular complexity index is 1000. The van der Waals surface area contributed by atoms with Crippen LogP contribution >= 0.6 is 0 Å². The van der Waals surface area contributed by atoms with E-state index in [1.54, 1.807) is 14.2 Å². The lowest BCUT2D eigenvalue weighted by atomic mass is 9.85. The monoisotopic (exact) mass is 361 g/mol. The van der Waals surface area contributed by atoms with Crippen LogP contribution in [-0.4, -0.2) is 19.2 Å². The Kier molecular flexibility index (Phi) is 4.55. The predicted molar refractivity (Wildman–Crippen MR) is 105 cm³/mol. The number of hydrogen-bond acceptors (Lipinski definition) is 2. The number of methoxy groups -OCH3 is 2. The molecule has 0 saturated carbocycles. The van der Waals surface area contributed by atoms with E-state index in [0.717, 1.165) is 39.1 Å². The average Bonchev–Trinajstić information content (AvgIpc) is 3.12. The molecule has 3 aromatic carbocycles. The van der Waals surface area contributed by atoms with Crippen LogP contribution < -0.4 is 9.47 Å². The van der Waals surface area contributed by atoms with Crippen molar-refractivity contribution in [3.63, 3.8) is 0 Å². The smallest absolute Gasteiger partial charge is 0.125 e. The number of aromatic nitrogens is 1. The van der Waals surface area contributed by atoms with Gasteiger partial charge in [0, 0.05) is 23.0 Å². The Morgan fingerprint density at radius 2 is 1.33 bits per heavy atom. The zero-order valence-corrected chi connectivity index (χ0v) is 15.2. The molecule has 0 aliphatic carbocycles. The standard InChI is InChI=1S/C23H20FNO2/c1-26-18-8-3-15(4-9-18)23(16-5-10-19(27-2)11-6-16)21-14-25-22-13-17(24)7-12-20(21)22/h3-14,23,25H,1-2H3. The number of H-pyrrole nitrogens is 1. The Morgan fingerprint density at radius 3 is 1.85 bits per heavy atom. The average molecular weight is 361 g/mol. The molecule has 0 radical (unpaired) electrons. The first-order valence-electron chi connectivity index (χ1n) is 8.74. The van der Waals surface area contributed by atoms with Gasteiger partial charge >= 0.3 is 0 Å². The SMILES string of the molecule is COc1ccc(C(c2ccc(OC)cc2)c2c[nH]c3cc(F)ccc23)cc1. The molecule has 0 amide bonds. The van der Waals surface area contributed by atoms with Crippen molar-refractivity contribution < 1.29 is 13.9 Å². The maximum Gasteiger partial charge on any atom is 0.125 e. The van der Waals surface area contributed by atoms with E-state index in [4.69, 9.17) is 9.47 Å². The van der Waals surface area contributed by atoms with Crippen molar-refractivity contribution in [1.82, 2.24) is 4.98 Å². The summed E-state index contributed by atoms with van der Waals surface area (Å²) < 4.78 is 24.2. The fourth-order valence-corrected chi connectivity index (χ4v) is 3.50. The molecule has 3 nitrogen and oxygen atoms in total. The van der Waals surface area contributed by atoms with E-state index in [1.165, 1.54) is 12.1 Å². The normalized spacial score (nSPS) is 11.1. The van der Waals surface area contributed by atoms with Gasteiger partial charge in [-0.05, 0) is 59.2 Å². The molecule has 4 aromatic rings. The van der Waals surface area contributed by atoms with Crippen LogP contribution in [0.2, 0.25) is 0 Å². The number of hydrogen-bond donors (Lipinski definition) is 1. The van der Waals surface area contributed by atoms with Crippen LogP contribution in [0.5, 0.6) is 11.5 Å². The molecular weight excluding hydrogens is 341 g/mol. The van der Waals surface area contributed by atoms with E-state index in [9.17, 15) is 4.39 Å². The molecule has 0 fully saturated rings. The summed E-state index contributed by atoms with van der Waals surface area (Å²) in [5.41, 5.74) is 4.15.